The molecule has 0 atom stereocenters. The number of benzene rings is 2. The Bertz CT molecular complexity index is 1100. The van der Waals surface area contributed by atoms with Gasteiger partial charge in [0.15, 0.2) is 6.61 Å². The summed E-state index contributed by atoms with van der Waals surface area (Å²) in [5.74, 6) is -1.46. The lowest BCUT2D eigenvalue weighted by molar-refractivity contribution is -0.119. The van der Waals surface area contributed by atoms with Gasteiger partial charge in [-0.3, -0.25) is 4.79 Å². The first kappa shape index (κ1) is 23.3. The number of nitrogens with two attached hydrogens (primary N) is 1. The van der Waals surface area contributed by atoms with Gasteiger partial charge in [0.1, 0.15) is 4.90 Å². The number of nitrogens with one attached hydrogen (secondary N) is 1. The van der Waals surface area contributed by atoms with E-state index in [0.29, 0.717) is 5.02 Å². The van der Waals surface area contributed by atoms with Crippen LogP contribution in [0.3, 0.4) is 0 Å². The molecule has 0 aliphatic carbocycles. The van der Waals surface area contributed by atoms with Gasteiger partial charge in [-0.15, -0.1) is 0 Å². The molecule has 12 heteroatoms. The molecule has 2 aromatic carbocycles. The highest BCUT2D eigenvalue weighted by Crippen LogP contribution is 2.28. The van der Waals surface area contributed by atoms with Gasteiger partial charge in [-0.05, 0) is 36.4 Å². The van der Waals surface area contributed by atoms with Crippen LogP contribution < -0.4 is 11.1 Å². The number of hydrogen-bond acceptors (Lipinski definition) is 7. The van der Waals surface area contributed by atoms with E-state index >= 15 is 0 Å². The summed E-state index contributed by atoms with van der Waals surface area (Å²) in [6.45, 7) is 0.390. The summed E-state index contributed by atoms with van der Waals surface area (Å²) in [7, 11) is -3.86. The molecule has 31 heavy (non-hydrogen) atoms. The maximum atomic E-state index is 12.9. The number of carbonyl (C=O) groups is 2. The predicted molar refractivity (Wildman–Crippen MR) is 116 cm³/mol. The molecular formula is C19H19Cl2N3O6S. The fraction of sp³-hybridized carbons (Fsp3) is 0.263. The Balaban J connectivity index is 1.66. The Hall–Kier alpha value is -2.37. The Morgan fingerprint density at radius 3 is 2.52 bits per heavy atom. The van der Waals surface area contributed by atoms with Crippen molar-refractivity contribution in [1.29, 1.82) is 0 Å². The smallest absolute Gasteiger partial charge is 0.340 e. The second-order valence-corrected chi connectivity index (χ2v) is 9.27. The van der Waals surface area contributed by atoms with Crippen molar-refractivity contribution in [1.82, 2.24) is 4.31 Å². The number of nitrogens with zero attached hydrogens (tertiary/aromatic N) is 1. The summed E-state index contributed by atoms with van der Waals surface area (Å²) in [6, 6.07) is 8.31. The normalized spacial score (nSPS) is 14.8. The molecule has 166 valence electrons. The second-order valence-electron chi connectivity index (χ2n) is 6.52. The van der Waals surface area contributed by atoms with Crippen LogP contribution in [-0.2, 0) is 24.3 Å². The van der Waals surface area contributed by atoms with Crippen LogP contribution in [0.4, 0.5) is 11.4 Å². The number of carbonyl (C=O) groups excluding carboxylic acids is 2. The summed E-state index contributed by atoms with van der Waals surface area (Å²) < 4.78 is 37.1. The molecule has 3 N–H and O–H groups in total. The van der Waals surface area contributed by atoms with E-state index in [1.807, 2.05) is 0 Å². The molecule has 1 fully saturated rings. The van der Waals surface area contributed by atoms with E-state index in [1.54, 1.807) is 0 Å². The standard InChI is InChI=1S/C19H19Cl2N3O6S/c20-12-1-3-14(16(22)9-12)19(26)30-11-18(25)23-13-2-4-15(21)17(10-13)31(27,28)24-5-7-29-8-6-24/h1-4,9-10H,5-8,11,22H2,(H,23,25). The number of amides is 1. The summed E-state index contributed by atoms with van der Waals surface area (Å²) in [4.78, 5) is 24.1. The van der Waals surface area contributed by atoms with Gasteiger partial charge in [0.2, 0.25) is 10.0 Å². The molecule has 2 aromatic rings. The van der Waals surface area contributed by atoms with Crippen LogP contribution in [0.2, 0.25) is 10.0 Å². The number of hydrogen-bond donors (Lipinski definition) is 2. The molecule has 0 radical (unpaired) electrons. The Morgan fingerprint density at radius 2 is 1.84 bits per heavy atom. The number of rotatable bonds is 6. The van der Waals surface area contributed by atoms with Crippen LogP contribution in [-0.4, -0.2) is 57.5 Å². The van der Waals surface area contributed by atoms with Crippen LogP contribution in [0.15, 0.2) is 41.3 Å². The highest BCUT2D eigenvalue weighted by Gasteiger charge is 2.28. The highest BCUT2D eigenvalue weighted by molar-refractivity contribution is 7.89. The van der Waals surface area contributed by atoms with Crippen molar-refractivity contribution in [3.05, 3.63) is 52.0 Å². The van der Waals surface area contributed by atoms with Crippen molar-refractivity contribution in [2.45, 2.75) is 4.90 Å². The van der Waals surface area contributed by atoms with E-state index in [2.05, 4.69) is 5.32 Å². The lowest BCUT2D eigenvalue weighted by Crippen LogP contribution is -2.40. The third kappa shape index (κ3) is 5.66. The molecule has 0 unspecified atom stereocenters. The highest BCUT2D eigenvalue weighted by atomic mass is 35.5. The first-order valence-electron chi connectivity index (χ1n) is 9.08. The third-order valence-corrected chi connectivity index (χ3v) is 6.99. The Morgan fingerprint density at radius 1 is 1.13 bits per heavy atom. The number of anilines is 2. The lowest BCUT2D eigenvalue weighted by Gasteiger charge is -2.26. The van der Waals surface area contributed by atoms with E-state index in [1.165, 1.54) is 40.7 Å². The van der Waals surface area contributed by atoms with Crippen LogP contribution in [0.25, 0.3) is 0 Å². The molecule has 1 heterocycles. The maximum absolute atomic E-state index is 12.9. The van der Waals surface area contributed by atoms with Gasteiger partial charge in [-0.25, -0.2) is 13.2 Å². The average molecular weight is 488 g/mol. The Labute approximate surface area is 189 Å². The molecule has 1 saturated heterocycles. The van der Waals surface area contributed by atoms with Crippen LogP contribution in [0, 0.1) is 0 Å². The molecule has 1 aliphatic heterocycles. The summed E-state index contributed by atoms with van der Waals surface area (Å²) in [5, 5.41) is 2.86. The number of nitrogen functional groups attached to an aromatic ring is 1. The van der Waals surface area contributed by atoms with Crippen molar-refractivity contribution >= 4 is 56.5 Å². The lowest BCUT2D eigenvalue weighted by atomic mass is 10.2. The van der Waals surface area contributed by atoms with Crippen LogP contribution in [0.1, 0.15) is 10.4 Å². The molecule has 0 bridgehead atoms. The fourth-order valence-electron chi connectivity index (χ4n) is 2.83. The zero-order valence-electron chi connectivity index (χ0n) is 16.1. The van der Waals surface area contributed by atoms with Crippen molar-refractivity contribution < 1.29 is 27.5 Å². The quantitative estimate of drug-likeness (QED) is 0.472. The largest absolute Gasteiger partial charge is 0.452 e. The van der Waals surface area contributed by atoms with Gasteiger partial charge < -0.3 is 20.5 Å². The first-order valence-corrected chi connectivity index (χ1v) is 11.3. The summed E-state index contributed by atoms with van der Waals surface area (Å²) >= 11 is 11.9. The molecule has 0 spiro atoms. The van der Waals surface area contributed by atoms with Gasteiger partial charge in [0, 0.05) is 29.5 Å². The van der Waals surface area contributed by atoms with E-state index in [-0.39, 0.29) is 53.2 Å². The Kier molecular flexibility index (Phi) is 7.39. The monoisotopic (exact) mass is 487 g/mol. The predicted octanol–water partition coefficient (Wildman–Crippen LogP) is 2.39. The minimum absolute atomic E-state index is 0.0223. The number of halogens is 2. The minimum Gasteiger partial charge on any atom is -0.452 e. The van der Waals surface area contributed by atoms with E-state index in [9.17, 15) is 18.0 Å². The molecule has 0 saturated carbocycles. The number of ether oxygens (including phenoxy) is 2. The first-order chi connectivity index (χ1) is 14.7. The molecule has 9 nitrogen and oxygen atoms in total. The SMILES string of the molecule is Nc1cc(Cl)ccc1C(=O)OCC(=O)Nc1ccc(Cl)c(S(=O)(=O)N2CCOCC2)c1. The number of esters is 1. The van der Waals surface area contributed by atoms with Crippen LogP contribution >= 0.6 is 23.2 Å². The molecule has 1 amide bonds. The van der Waals surface area contributed by atoms with E-state index in [4.69, 9.17) is 38.4 Å². The fourth-order valence-corrected chi connectivity index (χ4v) is 4.92. The zero-order valence-corrected chi connectivity index (χ0v) is 18.5. The van der Waals surface area contributed by atoms with Crippen molar-refractivity contribution in [2.75, 3.05) is 44.0 Å². The molecule has 3 rings (SSSR count). The van der Waals surface area contributed by atoms with E-state index < -0.39 is 28.5 Å². The van der Waals surface area contributed by atoms with Gasteiger partial charge in [0.25, 0.3) is 5.91 Å². The van der Waals surface area contributed by atoms with Gasteiger partial charge >= 0.3 is 5.97 Å². The molecule has 1 aliphatic rings. The van der Waals surface area contributed by atoms with Gasteiger partial charge in [-0.1, -0.05) is 23.2 Å². The third-order valence-electron chi connectivity index (χ3n) is 4.37. The average Bonchev–Trinajstić information content (AvgIpc) is 2.74. The second kappa shape index (κ2) is 9.84. The van der Waals surface area contributed by atoms with Crippen molar-refractivity contribution in [3.63, 3.8) is 0 Å². The topological polar surface area (TPSA) is 128 Å². The molecule has 0 aromatic heterocycles. The maximum Gasteiger partial charge on any atom is 0.340 e. The minimum atomic E-state index is -3.86. The van der Waals surface area contributed by atoms with Gasteiger partial charge in [0.05, 0.1) is 23.8 Å². The number of sulfonamides is 1. The van der Waals surface area contributed by atoms with Crippen molar-refractivity contribution in [3.8, 4) is 0 Å². The zero-order chi connectivity index (χ0) is 22.6. The van der Waals surface area contributed by atoms with Crippen molar-refractivity contribution in [2.24, 2.45) is 0 Å². The summed E-state index contributed by atoms with van der Waals surface area (Å²) in [5.41, 5.74) is 6.09. The van der Waals surface area contributed by atoms with E-state index in [0.717, 1.165) is 0 Å². The summed E-state index contributed by atoms with van der Waals surface area (Å²) in [6.07, 6.45) is 0. The van der Waals surface area contributed by atoms with Crippen LogP contribution in [0.5, 0.6) is 0 Å². The number of morpholine rings is 1. The van der Waals surface area contributed by atoms with Gasteiger partial charge in [-0.2, -0.15) is 4.31 Å². The molecular weight excluding hydrogens is 469 g/mol.